The van der Waals surface area contributed by atoms with Crippen molar-refractivity contribution in [1.82, 2.24) is 4.98 Å². The Morgan fingerprint density at radius 2 is 2.29 bits per heavy atom. The van der Waals surface area contributed by atoms with Crippen LogP contribution in [0.1, 0.15) is 9.75 Å². The van der Waals surface area contributed by atoms with Gasteiger partial charge < -0.3 is 10.6 Å². The van der Waals surface area contributed by atoms with Crippen LogP contribution in [0, 0.1) is 0 Å². The van der Waals surface area contributed by atoms with Crippen LogP contribution < -0.4 is 10.6 Å². The smallest absolute Gasteiger partial charge is 0.185 e. The molecule has 2 rings (SSSR count). The predicted octanol–water partition coefficient (Wildman–Crippen LogP) is 3.10. The summed E-state index contributed by atoms with van der Waals surface area (Å²) in [5.41, 5.74) is 5.58. The van der Waals surface area contributed by atoms with Crippen LogP contribution >= 0.6 is 38.6 Å². The molecule has 0 aliphatic heterocycles. The molecule has 0 fully saturated rings. The lowest BCUT2D eigenvalue weighted by molar-refractivity contribution is 0.881. The first-order valence-electron chi connectivity index (χ1n) is 5.28. The van der Waals surface area contributed by atoms with Gasteiger partial charge in [0.25, 0.3) is 0 Å². The number of nitrogens with zero attached hydrogens (tertiary/aromatic N) is 2. The van der Waals surface area contributed by atoms with Crippen molar-refractivity contribution in [2.24, 2.45) is 5.73 Å². The van der Waals surface area contributed by atoms with Crippen LogP contribution in [0.3, 0.4) is 0 Å². The van der Waals surface area contributed by atoms with E-state index in [9.17, 15) is 0 Å². The molecule has 0 aromatic carbocycles. The second-order valence-electron chi connectivity index (χ2n) is 3.72. The summed E-state index contributed by atoms with van der Waals surface area (Å²) in [6.45, 7) is 1.55. The summed E-state index contributed by atoms with van der Waals surface area (Å²) in [7, 11) is 2.07. The minimum atomic E-state index is 0.573. The second-order valence-corrected chi connectivity index (χ2v) is 6.72. The molecule has 0 unspecified atom stereocenters. The summed E-state index contributed by atoms with van der Waals surface area (Å²) < 4.78 is 1.17. The molecule has 0 aliphatic rings. The number of thiazole rings is 1. The lowest BCUT2D eigenvalue weighted by Crippen LogP contribution is -2.19. The third-order valence-corrected chi connectivity index (χ3v) is 5.28. The quantitative estimate of drug-likeness (QED) is 0.915. The van der Waals surface area contributed by atoms with Gasteiger partial charge in [-0.3, -0.25) is 0 Å². The van der Waals surface area contributed by atoms with Crippen LogP contribution in [-0.2, 0) is 13.0 Å². The fourth-order valence-corrected chi connectivity index (χ4v) is 3.65. The first kappa shape index (κ1) is 13.0. The molecule has 17 heavy (non-hydrogen) atoms. The topological polar surface area (TPSA) is 42.2 Å². The van der Waals surface area contributed by atoms with Crippen LogP contribution in [0.25, 0.3) is 0 Å². The van der Waals surface area contributed by atoms with Gasteiger partial charge in [0.15, 0.2) is 5.13 Å². The third kappa shape index (κ3) is 3.51. The van der Waals surface area contributed by atoms with Crippen LogP contribution in [0.2, 0.25) is 0 Å². The Morgan fingerprint density at radius 3 is 2.88 bits per heavy atom. The van der Waals surface area contributed by atoms with Crippen LogP contribution in [-0.4, -0.2) is 18.6 Å². The van der Waals surface area contributed by atoms with Gasteiger partial charge >= 0.3 is 0 Å². The highest BCUT2D eigenvalue weighted by Crippen LogP contribution is 2.23. The number of rotatable bonds is 5. The Balaban J connectivity index is 1.90. The molecule has 0 atom stereocenters. The number of nitrogens with two attached hydrogens (primary N) is 1. The predicted molar refractivity (Wildman–Crippen MR) is 79.0 cm³/mol. The number of hydrogen-bond donors (Lipinski definition) is 1. The molecule has 0 saturated heterocycles. The highest BCUT2D eigenvalue weighted by molar-refractivity contribution is 9.10. The number of aromatic nitrogens is 1. The van der Waals surface area contributed by atoms with E-state index in [0.29, 0.717) is 6.54 Å². The first-order chi connectivity index (χ1) is 8.19. The zero-order valence-corrected chi connectivity index (χ0v) is 12.7. The lowest BCUT2D eigenvalue weighted by atomic mass is 10.3. The van der Waals surface area contributed by atoms with Crippen molar-refractivity contribution in [3.63, 3.8) is 0 Å². The highest BCUT2D eigenvalue weighted by atomic mass is 79.9. The molecule has 0 aliphatic carbocycles. The van der Waals surface area contributed by atoms with Crippen molar-refractivity contribution in [2.45, 2.75) is 13.0 Å². The van der Waals surface area contributed by atoms with E-state index in [-0.39, 0.29) is 0 Å². The number of likely N-dealkylation sites (N-methyl/N-ethyl adjacent to an activating group) is 1. The van der Waals surface area contributed by atoms with Gasteiger partial charge in [-0.25, -0.2) is 4.98 Å². The molecular weight excluding hydrogens is 318 g/mol. The van der Waals surface area contributed by atoms with Gasteiger partial charge in [-0.15, -0.1) is 22.7 Å². The Morgan fingerprint density at radius 1 is 1.47 bits per heavy atom. The van der Waals surface area contributed by atoms with E-state index in [1.165, 1.54) is 9.35 Å². The molecule has 2 heterocycles. The van der Waals surface area contributed by atoms with Crippen molar-refractivity contribution in [1.29, 1.82) is 0 Å². The zero-order chi connectivity index (χ0) is 12.3. The van der Waals surface area contributed by atoms with Gasteiger partial charge in [-0.05, 0) is 28.4 Å². The lowest BCUT2D eigenvalue weighted by Gasteiger charge is -2.14. The number of hydrogen-bond acceptors (Lipinski definition) is 5. The fourth-order valence-electron chi connectivity index (χ4n) is 1.43. The molecule has 0 bridgehead atoms. The standard InChI is InChI=1S/C11H14BrN3S2/c1-15(11-14-6-10(5-13)17-11)3-2-9-4-8(12)7-16-9/h4,6-7H,2-3,5,13H2,1H3. The summed E-state index contributed by atoms with van der Waals surface area (Å²) in [5.74, 6) is 0. The summed E-state index contributed by atoms with van der Waals surface area (Å²) in [5, 5.41) is 3.16. The molecule has 92 valence electrons. The van der Waals surface area contributed by atoms with Crippen LogP contribution in [0.15, 0.2) is 22.1 Å². The molecule has 0 spiro atoms. The van der Waals surface area contributed by atoms with Crippen molar-refractivity contribution < 1.29 is 0 Å². The second kappa shape index (κ2) is 5.95. The third-order valence-electron chi connectivity index (χ3n) is 2.38. The first-order valence-corrected chi connectivity index (χ1v) is 7.77. The Labute approximate surface area is 117 Å². The van der Waals surface area contributed by atoms with E-state index < -0.39 is 0 Å². The van der Waals surface area contributed by atoms with E-state index in [1.807, 2.05) is 6.20 Å². The van der Waals surface area contributed by atoms with Crippen molar-refractivity contribution in [3.8, 4) is 0 Å². The van der Waals surface area contributed by atoms with Gasteiger partial charge in [0, 0.05) is 45.9 Å². The fraction of sp³-hybridized carbons (Fsp3) is 0.364. The number of thiophene rings is 1. The molecule has 0 radical (unpaired) electrons. The van der Waals surface area contributed by atoms with E-state index in [2.05, 4.69) is 44.3 Å². The summed E-state index contributed by atoms with van der Waals surface area (Å²) in [6, 6.07) is 2.17. The molecule has 3 nitrogen and oxygen atoms in total. The van der Waals surface area contributed by atoms with E-state index in [1.54, 1.807) is 22.7 Å². The molecule has 2 aromatic rings. The van der Waals surface area contributed by atoms with Gasteiger partial charge in [-0.2, -0.15) is 0 Å². The van der Waals surface area contributed by atoms with Crippen molar-refractivity contribution in [3.05, 3.63) is 31.9 Å². The van der Waals surface area contributed by atoms with E-state index in [4.69, 9.17) is 5.73 Å². The minimum absolute atomic E-state index is 0.573. The molecular formula is C11H14BrN3S2. The average molecular weight is 332 g/mol. The largest absolute Gasteiger partial charge is 0.351 e. The Kier molecular flexibility index (Phi) is 4.55. The minimum Gasteiger partial charge on any atom is -0.351 e. The van der Waals surface area contributed by atoms with Crippen molar-refractivity contribution >= 4 is 43.7 Å². The molecule has 0 amide bonds. The maximum Gasteiger partial charge on any atom is 0.185 e. The van der Waals surface area contributed by atoms with Crippen LogP contribution in [0.4, 0.5) is 5.13 Å². The van der Waals surface area contributed by atoms with Gasteiger partial charge in [-0.1, -0.05) is 0 Å². The normalized spacial score (nSPS) is 10.8. The highest BCUT2D eigenvalue weighted by Gasteiger charge is 2.07. The SMILES string of the molecule is CN(CCc1cc(Br)cs1)c1ncc(CN)s1. The van der Waals surface area contributed by atoms with Crippen molar-refractivity contribution in [2.75, 3.05) is 18.5 Å². The van der Waals surface area contributed by atoms with Gasteiger partial charge in [0.2, 0.25) is 0 Å². The molecule has 6 heteroatoms. The zero-order valence-electron chi connectivity index (χ0n) is 9.52. The molecule has 2 N–H and O–H groups in total. The Bertz CT molecular complexity index is 481. The van der Waals surface area contributed by atoms with Gasteiger partial charge in [0.05, 0.1) is 0 Å². The summed E-state index contributed by atoms with van der Waals surface area (Å²) in [4.78, 5) is 9.06. The monoisotopic (exact) mass is 331 g/mol. The number of halogens is 1. The van der Waals surface area contributed by atoms with E-state index >= 15 is 0 Å². The molecule has 2 aromatic heterocycles. The number of anilines is 1. The average Bonchev–Trinajstić information content (AvgIpc) is 2.94. The summed E-state index contributed by atoms with van der Waals surface area (Å²) in [6.07, 6.45) is 2.91. The van der Waals surface area contributed by atoms with Gasteiger partial charge in [0.1, 0.15) is 0 Å². The Hall–Kier alpha value is -0.430. The van der Waals surface area contributed by atoms with Crippen LogP contribution in [0.5, 0.6) is 0 Å². The molecule has 0 saturated carbocycles. The summed E-state index contributed by atoms with van der Waals surface area (Å²) >= 11 is 6.92. The van der Waals surface area contributed by atoms with E-state index in [0.717, 1.165) is 23.0 Å². The maximum absolute atomic E-state index is 5.58. The maximum atomic E-state index is 5.58.